The zero-order valence-electron chi connectivity index (χ0n) is 17.0. The van der Waals surface area contributed by atoms with E-state index in [0.29, 0.717) is 5.95 Å². The summed E-state index contributed by atoms with van der Waals surface area (Å²) in [7, 11) is 0. The molecule has 2 aromatic heterocycles. The molecular weight excluding hydrogens is 390 g/mol. The minimum Gasteiger partial charge on any atom is -0.378 e. The van der Waals surface area contributed by atoms with Crippen molar-refractivity contribution in [3.05, 3.63) is 79.3 Å². The van der Waals surface area contributed by atoms with Gasteiger partial charge >= 0.3 is 0 Å². The van der Waals surface area contributed by atoms with Crippen LogP contribution >= 0.6 is 0 Å². The number of hydrogen-bond acceptors (Lipinski definition) is 7. The number of aromatic nitrogens is 4. The Balaban J connectivity index is 1.27. The molecule has 4 aromatic rings. The van der Waals surface area contributed by atoms with E-state index in [4.69, 9.17) is 4.74 Å². The van der Waals surface area contributed by atoms with Crippen LogP contribution in [0.3, 0.4) is 0 Å². The third kappa shape index (κ3) is 4.65. The molecule has 2 N–H and O–H groups in total. The van der Waals surface area contributed by atoms with E-state index >= 15 is 0 Å². The van der Waals surface area contributed by atoms with Gasteiger partial charge in [-0.15, -0.1) is 5.10 Å². The molecule has 156 valence electrons. The fraction of sp³-hybridized carbons (Fsp3) is 0.174. The van der Waals surface area contributed by atoms with Crippen molar-refractivity contribution in [1.29, 1.82) is 0 Å². The second-order valence-electron chi connectivity index (χ2n) is 7.17. The highest BCUT2D eigenvalue weighted by molar-refractivity contribution is 5.62. The summed E-state index contributed by atoms with van der Waals surface area (Å²) in [5, 5.41) is 11.1. The molecule has 5 rings (SSSR count). The molecule has 1 fully saturated rings. The Morgan fingerprint density at radius 2 is 1.55 bits per heavy atom. The zero-order valence-corrected chi connectivity index (χ0v) is 17.0. The highest BCUT2D eigenvalue weighted by Crippen LogP contribution is 2.22. The van der Waals surface area contributed by atoms with Gasteiger partial charge in [0, 0.05) is 42.4 Å². The Morgan fingerprint density at radius 3 is 2.35 bits per heavy atom. The lowest BCUT2D eigenvalue weighted by Gasteiger charge is -2.28. The lowest BCUT2D eigenvalue weighted by Crippen LogP contribution is -2.36. The van der Waals surface area contributed by atoms with Gasteiger partial charge in [-0.3, -0.25) is 0 Å². The largest absolute Gasteiger partial charge is 0.378 e. The first kappa shape index (κ1) is 19.1. The molecule has 8 heteroatoms. The molecule has 1 aliphatic rings. The van der Waals surface area contributed by atoms with Gasteiger partial charge in [-0.05, 0) is 42.5 Å². The van der Waals surface area contributed by atoms with Crippen LogP contribution in [0.4, 0.5) is 28.8 Å². The van der Waals surface area contributed by atoms with Crippen molar-refractivity contribution in [1.82, 2.24) is 19.7 Å². The SMILES string of the molecule is c1ccc(Nc2ncn(-c3ccnc(Nc4ccc(N5CCOCC5)cc4)c3)n2)cc1. The Hall–Kier alpha value is -3.91. The third-order valence-electron chi connectivity index (χ3n) is 5.05. The van der Waals surface area contributed by atoms with Crippen molar-refractivity contribution in [2.75, 3.05) is 41.8 Å². The van der Waals surface area contributed by atoms with Gasteiger partial charge in [0.25, 0.3) is 0 Å². The number of nitrogens with one attached hydrogen (secondary N) is 2. The van der Waals surface area contributed by atoms with Crippen molar-refractivity contribution in [3.8, 4) is 5.69 Å². The molecule has 0 atom stereocenters. The molecular formula is C23H23N7O. The summed E-state index contributed by atoms with van der Waals surface area (Å²) in [4.78, 5) is 11.1. The normalized spacial score (nSPS) is 13.7. The standard InChI is InChI=1S/C23H23N7O/c1-2-4-18(5-3-1)27-23-25-17-30(28-23)21-10-11-24-22(16-21)26-19-6-8-20(9-7-19)29-12-14-31-15-13-29/h1-11,16-17H,12-15H2,(H,24,26)(H,27,28). The fourth-order valence-corrected chi connectivity index (χ4v) is 3.45. The Morgan fingerprint density at radius 1 is 0.774 bits per heavy atom. The summed E-state index contributed by atoms with van der Waals surface area (Å²) >= 11 is 0. The summed E-state index contributed by atoms with van der Waals surface area (Å²) < 4.78 is 7.15. The van der Waals surface area contributed by atoms with Gasteiger partial charge in [-0.2, -0.15) is 4.98 Å². The van der Waals surface area contributed by atoms with Crippen LogP contribution in [0.1, 0.15) is 0 Å². The molecule has 1 saturated heterocycles. The number of benzene rings is 2. The number of anilines is 5. The first-order valence-corrected chi connectivity index (χ1v) is 10.2. The van der Waals surface area contributed by atoms with E-state index < -0.39 is 0 Å². The molecule has 1 aliphatic heterocycles. The van der Waals surface area contributed by atoms with Crippen LogP contribution in [-0.2, 0) is 4.74 Å². The summed E-state index contributed by atoms with van der Waals surface area (Å²) in [6.07, 6.45) is 3.44. The maximum absolute atomic E-state index is 5.42. The number of hydrogen-bond donors (Lipinski definition) is 2. The predicted molar refractivity (Wildman–Crippen MR) is 122 cm³/mol. The van der Waals surface area contributed by atoms with E-state index in [2.05, 4.69) is 54.9 Å². The van der Waals surface area contributed by atoms with Gasteiger partial charge in [0.2, 0.25) is 5.95 Å². The summed E-state index contributed by atoms with van der Waals surface area (Å²) in [6.45, 7) is 3.41. The molecule has 3 heterocycles. The van der Waals surface area contributed by atoms with Crippen molar-refractivity contribution >= 4 is 28.8 Å². The van der Waals surface area contributed by atoms with Crippen LogP contribution in [0.2, 0.25) is 0 Å². The van der Waals surface area contributed by atoms with Crippen molar-refractivity contribution in [2.45, 2.75) is 0 Å². The maximum Gasteiger partial charge on any atom is 0.246 e. The number of para-hydroxylation sites is 1. The summed E-state index contributed by atoms with van der Waals surface area (Å²) in [5.41, 5.74) is 4.00. The Kier molecular flexibility index (Phi) is 5.44. The monoisotopic (exact) mass is 413 g/mol. The Labute approximate surface area is 180 Å². The molecule has 0 radical (unpaired) electrons. The molecule has 0 amide bonds. The average Bonchev–Trinajstić information content (AvgIpc) is 3.30. The number of rotatable bonds is 6. The van der Waals surface area contributed by atoms with Gasteiger partial charge < -0.3 is 20.3 Å². The molecule has 0 bridgehead atoms. The van der Waals surface area contributed by atoms with Gasteiger partial charge in [0.1, 0.15) is 12.1 Å². The van der Waals surface area contributed by atoms with Crippen LogP contribution in [-0.4, -0.2) is 46.1 Å². The highest BCUT2D eigenvalue weighted by Gasteiger charge is 2.11. The smallest absolute Gasteiger partial charge is 0.246 e. The van der Waals surface area contributed by atoms with Crippen LogP contribution in [0.15, 0.2) is 79.3 Å². The first-order chi connectivity index (χ1) is 15.3. The number of pyridine rings is 1. The van der Waals surface area contributed by atoms with E-state index in [9.17, 15) is 0 Å². The molecule has 0 saturated carbocycles. The van der Waals surface area contributed by atoms with Gasteiger partial charge in [-0.1, -0.05) is 18.2 Å². The van der Waals surface area contributed by atoms with Crippen LogP contribution in [0.5, 0.6) is 0 Å². The van der Waals surface area contributed by atoms with Gasteiger partial charge in [0.05, 0.1) is 18.9 Å². The summed E-state index contributed by atoms with van der Waals surface area (Å²) in [5.74, 6) is 1.28. The van der Waals surface area contributed by atoms with E-state index in [0.717, 1.165) is 49.2 Å². The summed E-state index contributed by atoms with van der Waals surface area (Å²) in [6, 6.07) is 22.1. The number of nitrogens with zero attached hydrogens (tertiary/aromatic N) is 5. The van der Waals surface area contributed by atoms with Gasteiger partial charge in [-0.25, -0.2) is 9.67 Å². The Bertz CT molecular complexity index is 1120. The van der Waals surface area contributed by atoms with Crippen molar-refractivity contribution in [3.63, 3.8) is 0 Å². The lowest BCUT2D eigenvalue weighted by molar-refractivity contribution is 0.122. The van der Waals surface area contributed by atoms with Crippen LogP contribution < -0.4 is 15.5 Å². The lowest BCUT2D eigenvalue weighted by atomic mass is 10.2. The maximum atomic E-state index is 5.42. The molecule has 0 aliphatic carbocycles. The van der Waals surface area contributed by atoms with E-state index in [1.807, 2.05) is 42.5 Å². The molecule has 8 nitrogen and oxygen atoms in total. The third-order valence-corrected chi connectivity index (χ3v) is 5.05. The van der Waals surface area contributed by atoms with E-state index in [1.54, 1.807) is 17.2 Å². The van der Waals surface area contributed by atoms with E-state index in [-0.39, 0.29) is 0 Å². The second-order valence-corrected chi connectivity index (χ2v) is 7.17. The topological polar surface area (TPSA) is 80.1 Å². The van der Waals surface area contributed by atoms with Crippen LogP contribution in [0, 0.1) is 0 Å². The van der Waals surface area contributed by atoms with Crippen molar-refractivity contribution in [2.24, 2.45) is 0 Å². The molecule has 31 heavy (non-hydrogen) atoms. The predicted octanol–water partition coefficient (Wildman–Crippen LogP) is 3.99. The highest BCUT2D eigenvalue weighted by atomic mass is 16.5. The number of morpholine rings is 1. The fourth-order valence-electron chi connectivity index (χ4n) is 3.45. The minimum absolute atomic E-state index is 0.538. The minimum atomic E-state index is 0.538. The average molecular weight is 413 g/mol. The molecule has 2 aromatic carbocycles. The zero-order chi connectivity index (χ0) is 20.9. The van der Waals surface area contributed by atoms with Crippen molar-refractivity contribution < 1.29 is 4.74 Å². The van der Waals surface area contributed by atoms with Crippen LogP contribution in [0.25, 0.3) is 5.69 Å². The number of ether oxygens (including phenoxy) is 1. The molecule has 0 unspecified atom stereocenters. The quantitative estimate of drug-likeness (QED) is 0.495. The molecule has 0 spiro atoms. The van der Waals surface area contributed by atoms with Gasteiger partial charge in [0.15, 0.2) is 0 Å². The second kappa shape index (κ2) is 8.85. The first-order valence-electron chi connectivity index (χ1n) is 10.2. The van der Waals surface area contributed by atoms with E-state index in [1.165, 1.54) is 5.69 Å².